The van der Waals surface area contributed by atoms with Crippen molar-refractivity contribution >= 4 is 38.6 Å². The van der Waals surface area contributed by atoms with Crippen LogP contribution in [0.1, 0.15) is 10.4 Å². The first-order chi connectivity index (χ1) is 7.52. The van der Waals surface area contributed by atoms with E-state index in [9.17, 15) is 14.0 Å². The number of carbonyl (C=O) groups is 2. The number of aromatic nitrogens is 1. The second-order valence-electron chi connectivity index (χ2n) is 3.12. The molecule has 1 heterocycles. The molecule has 16 heavy (non-hydrogen) atoms. The normalized spacial score (nSPS) is 10.6. The number of hydrogen-bond donors (Lipinski definition) is 2. The summed E-state index contributed by atoms with van der Waals surface area (Å²) in [5.74, 6) is -3.18. The lowest BCUT2D eigenvalue weighted by Crippen LogP contribution is -2.12. The zero-order valence-corrected chi connectivity index (χ0v) is 9.34. The Morgan fingerprint density at radius 3 is 2.69 bits per heavy atom. The molecule has 0 amide bonds. The van der Waals surface area contributed by atoms with Gasteiger partial charge in [-0.3, -0.25) is 4.79 Å². The molecule has 0 aliphatic heterocycles. The lowest BCUT2D eigenvalue weighted by Gasteiger charge is -1.98. The standard InChI is InChI=1S/C10H5BrFNO3/c11-5-1-2-6(12)8-7(5)4(3-13-8)9(14)10(15)16/h1-3,13H,(H,15,16). The minimum atomic E-state index is -1.57. The SMILES string of the molecule is O=C(O)C(=O)c1c[nH]c2c(F)ccc(Br)c12. The van der Waals surface area contributed by atoms with Crippen LogP contribution in [0.5, 0.6) is 0 Å². The zero-order valence-electron chi connectivity index (χ0n) is 7.75. The molecule has 2 rings (SSSR count). The Balaban J connectivity index is 2.78. The van der Waals surface area contributed by atoms with Gasteiger partial charge in [0.1, 0.15) is 5.82 Å². The summed E-state index contributed by atoms with van der Waals surface area (Å²) in [6, 6.07) is 2.64. The van der Waals surface area contributed by atoms with Crippen LogP contribution in [0.3, 0.4) is 0 Å². The van der Waals surface area contributed by atoms with Gasteiger partial charge in [-0.1, -0.05) is 15.9 Å². The number of halogens is 2. The van der Waals surface area contributed by atoms with Gasteiger partial charge < -0.3 is 10.1 Å². The highest BCUT2D eigenvalue weighted by molar-refractivity contribution is 9.10. The number of Topliss-reactive ketones (excluding diaryl/α,β-unsaturated/α-hetero) is 1. The Hall–Kier alpha value is -1.69. The molecule has 1 aromatic heterocycles. The number of carboxylic acids is 1. The van der Waals surface area contributed by atoms with Gasteiger partial charge >= 0.3 is 5.97 Å². The van der Waals surface area contributed by atoms with Crippen LogP contribution in [0.2, 0.25) is 0 Å². The number of hydrogen-bond acceptors (Lipinski definition) is 2. The van der Waals surface area contributed by atoms with Crippen molar-refractivity contribution in [1.29, 1.82) is 0 Å². The van der Waals surface area contributed by atoms with Crippen LogP contribution in [0.25, 0.3) is 10.9 Å². The maximum Gasteiger partial charge on any atom is 0.377 e. The van der Waals surface area contributed by atoms with Crippen molar-refractivity contribution in [2.24, 2.45) is 0 Å². The van der Waals surface area contributed by atoms with Crippen molar-refractivity contribution in [2.75, 3.05) is 0 Å². The Morgan fingerprint density at radius 2 is 2.06 bits per heavy atom. The van der Waals surface area contributed by atoms with Crippen LogP contribution in [-0.4, -0.2) is 21.8 Å². The summed E-state index contributed by atoms with van der Waals surface area (Å²) < 4.78 is 13.8. The fraction of sp³-hybridized carbons (Fsp3) is 0. The summed E-state index contributed by atoms with van der Waals surface area (Å²) in [6.45, 7) is 0. The minimum absolute atomic E-state index is 0.0612. The fourth-order valence-corrected chi connectivity index (χ4v) is 2.01. The molecule has 0 atom stereocenters. The van der Waals surface area contributed by atoms with Crippen LogP contribution in [0.15, 0.2) is 22.8 Å². The number of nitrogens with one attached hydrogen (secondary N) is 1. The molecule has 0 saturated carbocycles. The van der Waals surface area contributed by atoms with Crippen molar-refractivity contribution in [1.82, 2.24) is 4.98 Å². The molecule has 0 aliphatic carbocycles. The number of fused-ring (bicyclic) bond motifs is 1. The first kappa shape index (κ1) is 10.8. The second-order valence-corrected chi connectivity index (χ2v) is 3.97. The van der Waals surface area contributed by atoms with Crippen molar-refractivity contribution in [3.8, 4) is 0 Å². The fourth-order valence-electron chi connectivity index (χ4n) is 1.47. The van der Waals surface area contributed by atoms with Gasteiger partial charge in [0.25, 0.3) is 5.78 Å². The third-order valence-corrected chi connectivity index (χ3v) is 2.83. The molecule has 6 heteroatoms. The van der Waals surface area contributed by atoms with E-state index in [4.69, 9.17) is 5.11 Å². The van der Waals surface area contributed by atoms with Gasteiger partial charge in [-0.15, -0.1) is 0 Å². The molecule has 0 unspecified atom stereocenters. The average molecular weight is 286 g/mol. The van der Waals surface area contributed by atoms with Gasteiger partial charge in [0.15, 0.2) is 0 Å². The van der Waals surface area contributed by atoms with Crippen LogP contribution in [0.4, 0.5) is 4.39 Å². The Labute approximate surface area is 97.2 Å². The third-order valence-electron chi connectivity index (χ3n) is 2.17. The number of carbonyl (C=O) groups excluding carboxylic acids is 1. The van der Waals surface area contributed by atoms with Crippen LogP contribution < -0.4 is 0 Å². The molecule has 0 aliphatic rings. The highest BCUT2D eigenvalue weighted by Crippen LogP contribution is 2.29. The maximum absolute atomic E-state index is 13.3. The lowest BCUT2D eigenvalue weighted by atomic mass is 10.1. The lowest BCUT2D eigenvalue weighted by molar-refractivity contribution is -0.131. The van der Waals surface area contributed by atoms with E-state index in [2.05, 4.69) is 20.9 Å². The van der Waals surface area contributed by atoms with Gasteiger partial charge in [0.05, 0.1) is 11.1 Å². The van der Waals surface area contributed by atoms with E-state index in [1.807, 2.05) is 0 Å². The van der Waals surface area contributed by atoms with Crippen molar-refractivity contribution in [2.45, 2.75) is 0 Å². The average Bonchev–Trinajstić information content (AvgIpc) is 2.67. The number of carboxylic acid groups (broad SMARTS) is 1. The Kier molecular flexibility index (Phi) is 2.51. The zero-order chi connectivity index (χ0) is 11.9. The predicted molar refractivity (Wildman–Crippen MR) is 57.9 cm³/mol. The van der Waals surface area contributed by atoms with Crippen molar-refractivity contribution < 1.29 is 19.1 Å². The van der Waals surface area contributed by atoms with Gasteiger partial charge in [-0.25, -0.2) is 9.18 Å². The summed E-state index contributed by atoms with van der Waals surface area (Å²) in [4.78, 5) is 24.4. The summed E-state index contributed by atoms with van der Waals surface area (Å²) in [5.41, 5.74) is 0.0489. The highest BCUT2D eigenvalue weighted by Gasteiger charge is 2.21. The van der Waals surface area contributed by atoms with E-state index < -0.39 is 17.6 Å². The molecular weight excluding hydrogens is 281 g/mol. The van der Waals surface area contributed by atoms with Gasteiger partial charge in [-0.2, -0.15) is 0 Å². The smallest absolute Gasteiger partial charge is 0.377 e. The van der Waals surface area contributed by atoms with E-state index in [0.717, 1.165) is 0 Å². The highest BCUT2D eigenvalue weighted by atomic mass is 79.9. The molecule has 0 spiro atoms. The van der Waals surface area contributed by atoms with E-state index in [0.29, 0.717) is 4.47 Å². The van der Waals surface area contributed by atoms with Crippen molar-refractivity contribution in [3.05, 3.63) is 34.2 Å². The molecule has 2 N–H and O–H groups in total. The number of rotatable bonds is 2. The topological polar surface area (TPSA) is 70.2 Å². The summed E-state index contributed by atoms with van der Waals surface area (Å²) >= 11 is 3.15. The summed E-state index contributed by atoms with van der Waals surface area (Å²) in [5, 5.41) is 8.84. The molecule has 82 valence electrons. The molecule has 0 radical (unpaired) electrons. The van der Waals surface area contributed by atoms with Crippen LogP contribution in [0, 0.1) is 5.82 Å². The number of aliphatic carboxylic acids is 1. The van der Waals surface area contributed by atoms with Crippen LogP contribution in [-0.2, 0) is 4.79 Å². The quantitative estimate of drug-likeness (QED) is 0.657. The van der Waals surface area contributed by atoms with E-state index in [-0.39, 0.29) is 16.5 Å². The number of benzene rings is 1. The summed E-state index contributed by atoms with van der Waals surface area (Å²) in [7, 11) is 0. The van der Waals surface area contributed by atoms with E-state index >= 15 is 0 Å². The van der Waals surface area contributed by atoms with Gasteiger partial charge in [-0.05, 0) is 12.1 Å². The molecular formula is C10H5BrFNO3. The molecule has 4 nitrogen and oxygen atoms in total. The minimum Gasteiger partial charge on any atom is -0.475 e. The van der Waals surface area contributed by atoms with Crippen LogP contribution >= 0.6 is 15.9 Å². The number of H-pyrrole nitrogens is 1. The third kappa shape index (κ3) is 1.51. The van der Waals surface area contributed by atoms with Gasteiger partial charge in [0, 0.05) is 16.1 Å². The molecule has 2 aromatic rings. The van der Waals surface area contributed by atoms with Crippen molar-refractivity contribution in [3.63, 3.8) is 0 Å². The van der Waals surface area contributed by atoms with E-state index in [1.165, 1.54) is 18.3 Å². The first-order valence-electron chi connectivity index (χ1n) is 4.25. The second kappa shape index (κ2) is 3.71. The van der Waals surface area contributed by atoms with Gasteiger partial charge in [0.2, 0.25) is 0 Å². The molecule has 0 saturated heterocycles. The number of aromatic amines is 1. The van der Waals surface area contributed by atoms with E-state index in [1.54, 1.807) is 0 Å². The maximum atomic E-state index is 13.3. The predicted octanol–water partition coefficient (Wildman–Crippen LogP) is 2.34. The molecule has 0 bridgehead atoms. The summed E-state index contributed by atoms with van der Waals surface area (Å²) in [6.07, 6.45) is 1.19. The first-order valence-corrected chi connectivity index (χ1v) is 5.04. The molecule has 0 fully saturated rings. The Morgan fingerprint density at radius 1 is 1.38 bits per heavy atom. The monoisotopic (exact) mass is 285 g/mol. The largest absolute Gasteiger partial charge is 0.475 e. The Bertz CT molecular complexity index is 605. The molecule has 1 aromatic carbocycles. The number of ketones is 1.